The Morgan fingerprint density at radius 3 is 2.96 bits per heavy atom. The largest absolute Gasteiger partial charge is 0.331 e. The topological polar surface area (TPSA) is 93.2 Å². The highest BCUT2D eigenvalue weighted by Crippen LogP contribution is 2.04. The molecule has 0 aliphatic carbocycles. The second-order valence-electron chi connectivity index (χ2n) is 5.50. The molecule has 0 unspecified atom stereocenters. The van der Waals surface area contributed by atoms with Crippen LogP contribution < -0.4 is 5.32 Å². The summed E-state index contributed by atoms with van der Waals surface area (Å²) >= 11 is 0. The Morgan fingerprint density at radius 1 is 1.25 bits per heavy atom. The summed E-state index contributed by atoms with van der Waals surface area (Å²) in [5.41, 5.74) is 0.753. The number of urea groups is 1. The minimum absolute atomic E-state index is 0.200. The van der Waals surface area contributed by atoms with Gasteiger partial charge >= 0.3 is 6.03 Å². The van der Waals surface area contributed by atoms with E-state index in [1.54, 1.807) is 18.3 Å². The highest BCUT2D eigenvalue weighted by Gasteiger charge is 2.14. The van der Waals surface area contributed by atoms with Gasteiger partial charge in [0.15, 0.2) is 17.3 Å². The zero-order valence-electron chi connectivity index (χ0n) is 13.8. The zero-order chi connectivity index (χ0) is 16.9. The van der Waals surface area contributed by atoms with Crippen LogP contribution in [0.15, 0.2) is 30.7 Å². The van der Waals surface area contributed by atoms with Crippen molar-refractivity contribution in [3.63, 3.8) is 0 Å². The SMILES string of the molecule is CCCn1cnnc1CN(C)C(=O)NCc1nnc2ccccn12. The number of carbonyl (C=O) groups excluding carboxylic acids is 1. The number of nitrogens with zero attached hydrogens (tertiary/aromatic N) is 7. The molecule has 3 heterocycles. The molecule has 0 bridgehead atoms. The molecule has 9 heteroatoms. The maximum atomic E-state index is 12.3. The zero-order valence-corrected chi connectivity index (χ0v) is 13.8. The van der Waals surface area contributed by atoms with Gasteiger partial charge in [0.1, 0.15) is 6.33 Å². The van der Waals surface area contributed by atoms with Gasteiger partial charge in [-0.15, -0.1) is 20.4 Å². The molecule has 126 valence electrons. The minimum atomic E-state index is -0.200. The first-order valence-electron chi connectivity index (χ1n) is 7.83. The molecule has 0 saturated heterocycles. The molecule has 0 spiro atoms. The summed E-state index contributed by atoms with van der Waals surface area (Å²) in [4.78, 5) is 13.8. The standard InChI is InChI=1S/C15H20N8O/c1-3-7-22-11-17-18-14(22)10-21(2)15(24)16-9-13-20-19-12-6-4-5-8-23(12)13/h4-6,8,11H,3,7,9-10H2,1-2H3,(H,16,24). The summed E-state index contributed by atoms with van der Waals surface area (Å²) in [6.45, 7) is 3.62. The molecule has 2 amide bonds. The van der Waals surface area contributed by atoms with Crippen LogP contribution in [0.2, 0.25) is 0 Å². The molecule has 9 nitrogen and oxygen atoms in total. The minimum Gasteiger partial charge on any atom is -0.331 e. The van der Waals surface area contributed by atoms with E-state index in [4.69, 9.17) is 0 Å². The van der Waals surface area contributed by atoms with Crippen LogP contribution in [0.1, 0.15) is 25.0 Å². The Labute approximate surface area is 139 Å². The molecule has 0 atom stereocenters. The molecule has 0 radical (unpaired) electrons. The van der Waals surface area contributed by atoms with Gasteiger partial charge in [-0.3, -0.25) is 4.40 Å². The van der Waals surface area contributed by atoms with Crippen molar-refractivity contribution in [1.29, 1.82) is 0 Å². The molecule has 0 aliphatic heterocycles. The van der Waals surface area contributed by atoms with E-state index in [-0.39, 0.29) is 6.03 Å². The Morgan fingerprint density at radius 2 is 2.12 bits per heavy atom. The number of amides is 2. The smallest absolute Gasteiger partial charge is 0.317 e. The quantitative estimate of drug-likeness (QED) is 0.730. The lowest BCUT2D eigenvalue weighted by molar-refractivity contribution is 0.204. The summed E-state index contributed by atoms with van der Waals surface area (Å²) in [5.74, 6) is 1.45. The average molecular weight is 328 g/mol. The fraction of sp³-hybridized carbons (Fsp3) is 0.400. The van der Waals surface area contributed by atoms with Crippen molar-refractivity contribution in [2.24, 2.45) is 0 Å². The predicted molar refractivity (Wildman–Crippen MR) is 87.0 cm³/mol. The number of carbonyl (C=O) groups is 1. The fourth-order valence-electron chi connectivity index (χ4n) is 2.41. The lowest BCUT2D eigenvalue weighted by Crippen LogP contribution is -2.37. The molecule has 0 aliphatic rings. The van der Waals surface area contributed by atoms with E-state index in [0.717, 1.165) is 24.4 Å². The molecule has 3 aromatic rings. The first-order valence-corrected chi connectivity index (χ1v) is 7.83. The third-order valence-corrected chi connectivity index (χ3v) is 3.67. The number of pyridine rings is 1. The van der Waals surface area contributed by atoms with Crippen LogP contribution in [0.5, 0.6) is 0 Å². The van der Waals surface area contributed by atoms with Crippen molar-refractivity contribution in [2.75, 3.05) is 7.05 Å². The van der Waals surface area contributed by atoms with E-state index in [9.17, 15) is 4.79 Å². The van der Waals surface area contributed by atoms with Gasteiger partial charge < -0.3 is 14.8 Å². The predicted octanol–water partition coefficient (Wildman–Crippen LogP) is 1.07. The summed E-state index contributed by atoms with van der Waals surface area (Å²) < 4.78 is 3.80. The van der Waals surface area contributed by atoms with E-state index in [0.29, 0.717) is 18.9 Å². The lowest BCUT2D eigenvalue weighted by atomic mass is 10.4. The van der Waals surface area contributed by atoms with Crippen LogP contribution in [0.25, 0.3) is 5.65 Å². The summed E-state index contributed by atoms with van der Waals surface area (Å²) in [6.07, 6.45) is 4.54. The van der Waals surface area contributed by atoms with Crippen LogP contribution in [0, 0.1) is 0 Å². The Kier molecular flexibility index (Phi) is 4.69. The summed E-state index contributed by atoms with van der Waals surface area (Å²) in [7, 11) is 1.72. The molecule has 3 rings (SSSR count). The summed E-state index contributed by atoms with van der Waals surface area (Å²) in [5, 5.41) is 19.0. The van der Waals surface area contributed by atoms with Crippen LogP contribution in [-0.4, -0.2) is 47.3 Å². The van der Waals surface area contributed by atoms with Crippen molar-refractivity contribution in [1.82, 2.24) is 39.6 Å². The van der Waals surface area contributed by atoms with E-state index in [1.165, 1.54) is 0 Å². The van der Waals surface area contributed by atoms with E-state index in [1.807, 2.05) is 33.4 Å². The van der Waals surface area contributed by atoms with E-state index >= 15 is 0 Å². The maximum Gasteiger partial charge on any atom is 0.317 e. The van der Waals surface area contributed by atoms with Crippen LogP contribution >= 0.6 is 0 Å². The van der Waals surface area contributed by atoms with Crippen molar-refractivity contribution >= 4 is 11.7 Å². The van der Waals surface area contributed by atoms with Crippen molar-refractivity contribution < 1.29 is 4.79 Å². The number of nitrogens with one attached hydrogen (secondary N) is 1. The van der Waals surface area contributed by atoms with Crippen molar-refractivity contribution in [3.05, 3.63) is 42.4 Å². The van der Waals surface area contributed by atoms with E-state index < -0.39 is 0 Å². The monoisotopic (exact) mass is 328 g/mol. The van der Waals surface area contributed by atoms with Gasteiger partial charge in [0, 0.05) is 19.8 Å². The number of rotatable bonds is 6. The van der Waals surface area contributed by atoms with Gasteiger partial charge in [0.05, 0.1) is 13.1 Å². The van der Waals surface area contributed by atoms with Gasteiger partial charge in [-0.05, 0) is 18.6 Å². The first-order chi connectivity index (χ1) is 11.7. The molecule has 0 saturated carbocycles. The normalized spacial score (nSPS) is 10.9. The fourth-order valence-corrected chi connectivity index (χ4v) is 2.41. The third kappa shape index (κ3) is 3.34. The molecule has 0 aromatic carbocycles. The molecule has 1 N–H and O–H groups in total. The van der Waals surface area contributed by atoms with Gasteiger partial charge in [-0.25, -0.2) is 4.79 Å². The lowest BCUT2D eigenvalue weighted by Gasteiger charge is -2.17. The first kappa shape index (κ1) is 15.9. The molecule has 0 fully saturated rings. The van der Waals surface area contributed by atoms with Crippen LogP contribution in [0.3, 0.4) is 0 Å². The molecule has 3 aromatic heterocycles. The number of fused-ring (bicyclic) bond motifs is 1. The highest BCUT2D eigenvalue weighted by molar-refractivity contribution is 5.73. The van der Waals surface area contributed by atoms with Gasteiger partial charge in [-0.1, -0.05) is 13.0 Å². The number of aromatic nitrogens is 6. The van der Waals surface area contributed by atoms with E-state index in [2.05, 4.69) is 32.6 Å². The molecular weight excluding hydrogens is 308 g/mol. The number of hydrogen-bond donors (Lipinski definition) is 1. The molecular formula is C15H20N8O. The highest BCUT2D eigenvalue weighted by atomic mass is 16.2. The average Bonchev–Trinajstić information content (AvgIpc) is 3.20. The van der Waals surface area contributed by atoms with Gasteiger partial charge in [0.25, 0.3) is 0 Å². The number of hydrogen-bond acceptors (Lipinski definition) is 5. The molecule has 24 heavy (non-hydrogen) atoms. The van der Waals surface area contributed by atoms with Crippen molar-refractivity contribution in [3.8, 4) is 0 Å². The third-order valence-electron chi connectivity index (χ3n) is 3.67. The van der Waals surface area contributed by atoms with Crippen molar-refractivity contribution in [2.45, 2.75) is 33.0 Å². The Balaban J connectivity index is 1.59. The second-order valence-corrected chi connectivity index (χ2v) is 5.50. The Bertz CT molecular complexity index is 824. The second kappa shape index (κ2) is 7.07. The summed E-state index contributed by atoms with van der Waals surface area (Å²) in [6, 6.07) is 5.46. The van der Waals surface area contributed by atoms with Gasteiger partial charge in [0.2, 0.25) is 0 Å². The van der Waals surface area contributed by atoms with Gasteiger partial charge in [-0.2, -0.15) is 0 Å². The number of aryl methyl sites for hydroxylation is 1. The van der Waals surface area contributed by atoms with Crippen LogP contribution in [-0.2, 0) is 19.6 Å². The van der Waals surface area contributed by atoms with Crippen LogP contribution in [0.4, 0.5) is 4.79 Å². The maximum absolute atomic E-state index is 12.3. The Hall–Kier alpha value is -2.97.